The Morgan fingerprint density at radius 2 is 2.04 bits per heavy atom. The molecule has 3 rings (SSSR count). The summed E-state index contributed by atoms with van der Waals surface area (Å²) >= 11 is 0. The molecular formula is C17H15FN4O. The number of carbonyl (C=O) groups is 1. The predicted molar refractivity (Wildman–Crippen MR) is 86.2 cm³/mol. The van der Waals surface area contributed by atoms with Crippen molar-refractivity contribution in [3.8, 4) is 0 Å². The molecule has 0 spiro atoms. The van der Waals surface area contributed by atoms with Gasteiger partial charge in [-0.1, -0.05) is 12.1 Å². The predicted octanol–water partition coefficient (Wildman–Crippen LogP) is 2.01. The van der Waals surface area contributed by atoms with Crippen LogP contribution >= 0.6 is 0 Å². The Kier molecular flexibility index (Phi) is 3.89. The van der Waals surface area contributed by atoms with Gasteiger partial charge in [-0.05, 0) is 53.8 Å². The van der Waals surface area contributed by atoms with E-state index in [4.69, 9.17) is 11.5 Å². The van der Waals surface area contributed by atoms with Crippen molar-refractivity contribution in [1.29, 1.82) is 0 Å². The normalized spacial score (nSPS) is 13.0. The van der Waals surface area contributed by atoms with Crippen molar-refractivity contribution in [3.05, 3.63) is 70.8 Å². The molecule has 1 aromatic heterocycles. The van der Waals surface area contributed by atoms with Crippen LogP contribution in [0.25, 0.3) is 5.57 Å². The molecule has 5 nitrogen and oxygen atoms in total. The van der Waals surface area contributed by atoms with E-state index in [0.717, 1.165) is 29.5 Å². The van der Waals surface area contributed by atoms with E-state index in [2.05, 4.69) is 9.98 Å². The maximum atomic E-state index is 14.0. The summed E-state index contributed by atoms with van der Waals surface area (Å²) in [6, 6.07) is 8.58. The number of benzene rings is 1. The number of guanidine groups is 1. The van der Waals surface area contributed by atoms with Gasteiger partial charge >= 0.3 is 0 Å². The molecule has 0 unspecified atom stereocenters. The number of halogens is 1. The third-order valence-electron chi connectivity index (χ3n) is 3.69. The van der Waals surface area contributed by atoms with E-state index in [1.165, 1.54) is 6.20 Å². The first-order chi connectivity index (χ1) is 11.1. The van der Waals surface area contributed by atoms with Crippen molar-refractivity contribution in [1.82, 2.24) is 4.98 Å². The molecule has 1 amide bonds. The summed E-state index contributed by atoms with van der Waals surface area (Å²) in [5.74, 6) is -1.35. The fraction of sp³-hybridized carbons (Fsp3) is 0.118. The SMILES string of the molecule is NC(N)=NC(=O)c1ccc2c(c1)C(c1cccnc1F)=CCC2. The lowest BCUT2D eigenvalue weighted by Crippen LogP contribution is -2.24. The lowest BCUT2D eigenvalue weighted by Gasteiger charge is -2.19. The summed E-state index contributed by atoms with van der Waals surface area (Å²) in [4.78, 5) is 19.2. The Balaban J connectivity index is 2.09. The van der Waals surface area contributed by atoms with E-state index in [0.29, 0.717) is 11.1 Å². The number of amides is 1. The first-order valence-corrected chi connectivity index (χ1v) is 7.14. The number of fused-ring (bicyclic) bond motifs is 1. The van der Waals surface area contributed by atoms with E-state index < -0.39 is 11.9 Å². The molecule has 0 fully saturated rings. The lowest BCUT2D eigenvalue weighted by molar-refractivity contribution is 0.100. The van der Waals surface area contributed by atoms with Crippen molar-refractivity contribution in [2.45, 2.75) is 12.8 Å². The Bertz CT molecular complexity index is 838. The van der Waals surface area contributed by atoms with Gasteiger partial charge in [-0.3, -0.25) is 4.79 Å². The highest BCUT2D eigenvalue weighted by Gasteiger charge is 2.19. The number of aryl methyl sites for hydroxylation is 1. The molecule has 0 radical (unpaired) electrons. The highest BCUT2D eigenvalue weighted by molar-refractivity contribution is 6.02. The molecular weight excluding hydrogens is 295 g/mol. The highest BCUT2D eigenvalue weighted by Crippen LogP contribution is 2.33. The smallest absolute Gasteiger partial charge is 0.280 e. The average Bonchev–Trinajstić information content (AvgIpc) is 2.54. The number of pyridine rings is 1. The van der Waals surface area contributed by atoms with Crippen molar-refractivity contribution in [2.24, 2.45) is 16.5 Å². The van der Waals surface area contributed by atoms with Gasteiger partial charge in [0.25, 0.3) is 5.91 Å². The standard InChI is InChI=1S/C17H15FN4O/c18-15-13(5-2-8-21-15)12-4-1-3-10-6-7-11(9-14(10)12)16(23)22-17(19)20/h2,4-9H,1,3H2,(H4,19,20,22,23). The van der Waals surface area contributed by atoms with Crippen LogP contribution in [0.5, 0.6) is 0 Å². The molecule has 23 heavy (non-hydrogen) atoms. The zero-order chi connectivity index (χ0) is 16.4. The number of rotatable bonds is 2. The first kappa shape index (κ1) is 14.9. The van der Waals surface area contributed by atoms with E-state index in [1.807, 2.05) is 12.1 Å². The van der Waals surface area contributed by atoms with Gasteiger partial charge in [-0.2, -0.15) is 9.38 Å². The van der Waals surface area contributed by atoms with Gasteiger partial charge < -0.3 is 11.5 Å². The average molecular weight is 310 g/mol. The minimum Gasteiger partial charge on any atom is -0.370 e. The third kappa shape index (κ3) is 2.96. The fourth-order valence-corrected chi connectivity index (χ4v) is 2.68. The largest absolute Gasteiger partial charge is 0.370 e. The number of carbonyl (C=O) groups excluding carboxylic acids is 1. The molecule has 2 aromatic rings. The molecule has 0 bridgehead atoms. The van der Waals surface area contributed by atoms with Crippen LogP contribution in [0.1, 0.15) is 33.5 Å². The van der Waals surface area contributed by atoms with Gasteiger partial charge in [0.2, 0.25) is 5.95 Å². The zero-order valence-corrected chi connectivity index (χ0v) is 12.3. The molecule has 1 aliphatic carbocycles. The molecule has 6 heteroatoms. The van der Waals surface area contributed by atoms with Crippen molar-refractivity contribution in [2.75, 3.05) is 0 Å². The van der Waals surface area contributed by atoms with Gasteiger partial charge in [0.15, 0.2) is 5.96 Å². The molecule has 4 N–H and O–H groups in total. The van der Waals surface area contributed by atoms with Crippen LogP contribution in [-0.2, 0) is 6.42 Å². The fourth-order valence-electron chi connectivity index (χ4n) is 2.68. The molecule has 0 saturated heterocycles. The summed E-state index contributed by atoms with van der Waals surface area (Å²) in [7, 11) is 0. The molecule has 1 heterocycles. The van der Waals surface area contributed by atoms with E-state index in [1.54, 1.807) is 24.3 Å². The van der Waals surface area contributed by atoms with Crippen LogP contribution in [0.2, 0.25) is 0 Å². The maximum absolute atomic E-state index is 14.0. The van der Waals surface area contributed by atoms with Crippen LogP contribution in [0, 0.1) is 5.95 Å². The number of aromatic nitrogens is 1. The number of nitrogens with two attached hydrogens (primary N) is 2. The monoisotopic (exact) mass is 310 g/mol. The molecule has 0 atom stereocenters. The van der Waals surface area contributed by atoms with Gasteiger partial charge in [0, 0.05) is 17.3 Å². The quantitative estimate of drug-likeness (QED) is 0.504. The number of nitrogens with zero attached hydrogens (tertiary/aromatic N) is 2. The first-order valence-electron chi connectivity index (χ1n) is 7.14. The molecule has 1 aliphatic rings. The molecule has 1 aromatic carbocycles. The topological polar surface area (TPSA) is 94.4 Å². The van der Waals surface area contributed by atoms with Gasteiger partial charge in [-0.15, -0.1) is 0 Å². The number of allylic oxidation sites excluding steroid dienone is 1. The van der Waals surface area contributed by atoms with E-state index >= 15 is 0 Å². The second-order valence-corrected chi connectivity index (χ2v) is 5.21. The van der Waals surface area contributed by atoms with Crippen LogP contribution in [0.15, 0.2) is 47.6 Å². The second-order valence-electron chi connectivity index (χ2n) is 5.21. The summed E-state index contributed by atoms with van der Waals surface area (Å²) < 4.78 is 14.0. The maximum Gasteiger partial charge on any atom is 0.280 e. The summed E-state index contributed by atoms with van der Waals surface area (Å²) in [6.45, 7) is 0. The minimum atomic E-state index is -0.535. The van der Waals surface area contributed by atoms with E-state index in [-0.39, 0.29) is 5.96 Å². The Morgan fingerprint density at radius 1 is 1.22 bits per heavy atom. The van der Waals surface area contributed by atoms with Gasteiger partial charge in [0.05, 0.1) is 0 Å². The van der Waals surface area contributed by atoms with Gasteiger partial charge in [-0.25, -0.2) is 4.98 Å². The molecule has 116 valence electrons. The lowest BCUT2D eigenvalue weighted by atomic mass is 9.86. The van der Waals surface area contributed by atoms with Gasteiger partial charge in [0.1, 0.15) is 0 Å². The number of hydrogen-bond acceptors (Lipinski definition) is 2. The Hall–Kier alpha value is -3.02. The number of hydrogen-bond donors (Lipinski definition) is 2. The van der Waals surface area contributed by atoms with E-state index in [9.17, 15) is 9.18 Å². The van der Waals surface area contributed by atoms with Crippen molar-refractivity contribution in [3.63, 3.8) is 0 Å². The Morgan fingerprint density at radius 3 is 2.78 bits per heavy atom. The third-order valence-corrected chi connectivity index (χ3v) is 3.69. The molecule has 0 aliphatic heterocycles. The zero-order valence-electron chi connectivity index (χ0n) is 12.3. The minimum absolute atomic E-state index is 0.290. The van der Waals surface area contributed by atoms with Crippen LogP contribution in [0.3, 0.4) is 0 Å². The van der Waals surface area contributed by atoms with Crippen molar-refractivity contribution < 1.29 is 9.18 Å². The summed E-state index contributed by atoms with van der Waals surface area (Å²) in [5.41, 5.74) is 13.8. The second kappa shape index (κ2) is 6.00. The van der Waals surface area contributed by atoms with Crippen LogP contribution < -0.4 is 11.5 Å². The summed E-state index contributed by atoms with van der Waals surface area (Å²) in [6.07, 6.45) is 4.99. The van der Waals surface area contributed by atoms with Crippen LogP contribution in [-0.4, -0.2) is 16.9 Å². The number of aliphatic imine (C=N–C) groups is 1. The highest BCUT2D eigenvalue weighted by atomic mass is 19.1. The van der Waals surface area contributed by atoms with Crippen molar-refractivity contribution >= 4 is 17.4 Å². The Labute approximate surface area is 132 Å². The molecule has 0 saturated carbocycles. The van der Waals surface area contributed by atoms with Crippen LogP contribution in [0.4, 0.5) is 4.39 Å². The summed E-state index contributed by atoms with van der Waals surface area (Å²) in [5, 5.41) is 0.